The van der Waals surface area contributed by atoms with Gasteiger partial charge in [-0.1, -0.05) is 24.3 Å². The molecule has 2 aromatic carbocycles. The summed E-state index contributed by atoms with van der Waals surface area (Å²) in [6.07, 6.45) is 1.25. The highest BCUT2D eigenvalue weighted by molar-refractivity contribution is 5.97. The van der Waals surface area contributed by atoms with Gasteiger partial charge in [-0.3, -0.25) is 19.0 Å². The van der Waals surface area contributed by atoms with Crippen LogP contribution in [0.5, 0.6) is 0 Å². The lowest BCUT2D eigenvalue weighted by Crippen LogP contribution is -2.39. The first-order chi connectivity index (χ1) is 16.9. The predicted molar refractivity (Wildman–Crippen MR) is 133 cm³/mol. The maximum atomic E-state index is 13.0. The molecule has 35 heavy (non-hydrogen) atoms. The Morgan fingerprint density at radius 1 is 1.09 bits per heavy atom. The fourth-order valence-electron chi connectivity index (χ4n) is 4.35. The third kappa shape index (κ3) is 5.40. The number of fused-ring (bicyclic) bond motifs is 1. The number of anilines is 2. The first kappa shape index (κ1) is 24.1. The van der Waals surface area contributed by atoms with E-state index < -0.39 is 11.6 Å². The number of para-hydroxylation sites is 1. The van der Waals surface area contributed by atoms with Gasteiger partial charge in [-0.25, -0.2) is 4.79 Å². The number of amides is 1. The maximum Gasteiger partial charge on any atom is 0.350 e. The van der Waals surface area contributed by atoms with E-state index >= 15 is 0 Å². The zero-order valence-electron chi connectivity index (χ0n) is 19.8. The van der Waals surface area contributed by atoms with E-state index in [0.29, 0.717) is 55.1 Å². The molecule has 9 nitrogen and oxygen atoms in total. The van der Waals surface area contributed by atoms with Gasteiger partial charge in [-0.15, -0.1) is 0 Å². The SMILES string of the molecule is CCOC(=O)C1CCN(c2nc(=O)n(CC(=O)Nc3cccc(C(C)=O)c3)c3ccccc23)CC1. The molecule has 0 spiro atoms. The van der Waals surface area contributed by atoms with Crippen LogP contribution in [-0.2, 0) is 20.9 Å². The molecule has 0 saturated carbocycles. The van der Waals surface area contributed by atoms with Crippen molar-refractivity contribution in [2.24, 2.45) is 5.92 Å². The molecule has 0 unspecified atom stereocenters. The van der Waals surface area contributed by atoms with Gasteiger partial charge in [0.25, 0.3) is 0 Å². The molecule has 1 saturated heterocycles. The number of esters is 1. The summed E-state index contributed by atoms with van der Waals surface area (Å²) >= 11 is 0. The van der Waals surface area contributed by atoms with Gasteiger partial charge in [-0.05, 0) is 51.0 Å². The number of ether oxygens (including phenoxy) is 1. The summed E-state index contributed by atoms with van der Waals surface area (Å²) in [5, 5.41) is 3.51. The van der Waals surface area contributed by atoms with E-state index in [1.54, 1.807) is 37.3 Å². The Morgan fingerprint density at radius 2 is 1.83 bits per heavy atom. The lowest BCUT2D eigenvalue weighted by molar-refractivity contribution is -0.148. The van der Waals surface area contributed by atoms with Crippen LogP contribution < -0.4 is 15.9 Å². The Balaban J connectivity index is 1.56. The summed E-state index contributed by atoms with van der Waals surface area (Å²) in [6.45, 7) is 4.55. The van der Waals surface area contributed by atoms with Gasteiger partial charge >= 0.3 is 11.7 Å². The molecule has 2 heterocycles. The van der Waals surface area contributed by atoms with Crippen molar-refractivity contribution in [1.82, 2.24) is 9.55 Å². The molecule has 1 aliphatic heterocycles. The quantitative estimate of drug-likeness (QED) is 0.412. The number of carbonyl (C=O) groups is 3. The van der Waals surface area contributed by atoms with Crippen molar-refractivity contribution in [2.75, 3.05) is 29.9 Å². The minimum atomic E-state index is -0.529. The summed E-state index contributed by atoms with van der Waals surface area (Å²) in [6, 6.07) is 14.0. The smallest absolute Gasteiger partial charge is 0.350 e. The van der Waals surface area contributed by atoms with Gasteiger partial charge < -0.3 is 15.0 Å². The molecule has 0 bridgehead atoms. The normalized spacial score (nSPS) is 14.1. The fraction of sp³-hybridized carbons (Fsp3) is 0.346. The molecule has 1 fully saturated rings. The molecule has 9 heteroatoms. The number of piperidine rings is 1. The van der Waals surface area contributed by atoms with E-state index in [-0.39, 0.29) is 24.2 Å². The molecule has 0 atom stereocenters. The van der Waals surface area contributed by atoms with Gasteiger partial charge in [-0.2, -0.15) is 4.98 Å². The van der Waals surface area contributed by atoms with Crippen LogP contribution in [-0.4, -0.2) is 46.9 Å². The van der Waals surface area contributed by atoms with Crippen LogP contribution in [0.3, 0.4) is 0 Å². The van der Waals surface area contributed by atoms with Crippen LogP contribution in [0.15, 0.2) is 53.3 Å². The molecule has 0 radical (unpaired) electrons. The Bertz CT molecular complexity index is 1320. The third-order valence-electron chi connectivity index (χ3n) is 6.14. The molecule has 1 amide bonds. The van der Waals surface area contributed by atoms with Gasteiger partial charge in [0.1, 0.15) is 12.4 Å². The highest BCUT2D eigenvalue weighted by Crippen LogP contribution is 2.28. The Hall–Kier alpha value is -4.01. The van der Waals surface area contributed by atoms with E-state index in [0.717, 1.165) is 5.39 Å². The predicted octanol–water partition coefficient (Wildman–Crippen LogP) is 3.02. The second kappa shape index (κ2) is 10.5. The number of aromatic nitrogens is 2. The molecule has 4 rings (SSSR count). The molecule has 0 aliphatic carbocycles. The number of hydrogen-bond donors (Lipinski definition) is 1. The summed E-state index contributed by atoms with van der Waals surface area (Å²) in [7, 11) is 0. The van der Waals surface area contributed by atoms with Crippen molar-refractivity contribution in [3.63, 3.8) is 0 Å². The van der Waals surface area contributed by atoms with E-state index in [4.69, 9.17) is 4.74 Å². The number of rotatable bonds is 7. The topological polar surface area (TPSA) is 111 Å². The summed E-state index contributed by atoms with van der Waals surface area (Å²) in [4.78, 5) is 55.8. The van der Waals surface area contributed by atoms with Crippen LogP contribution in [0.2, 0.25) is 0 Å². The first-order valence-corrected chi connectivity index (χ1v) is 11.7. The van der Waals surface area contributed by atoms with Gasteiger partial charge in [0.05, 0.1) is 18.0 Å². The minimum absolute atomic E-state index is 0.102. The Kier molecular flexibility index (Phi) is 7.24. The van der Waals surface area contributed by atoms with Gasteiger partial charge in [0.2, 0.25) is 5.91 Å². The lowest BCUT2D eigenvalue weighted by Gasteiger charge is -2.32. The van der Waals surface area contributed by atoms with Crippen LogP contribution in [0.4, 0.5) is 11.5 Å². The Labute approximate surface area is 202 Å². The zero-order valence-corrected chi connectivity index (χ0v) is 19.8. The lowest BCUT2D eigenvalue weighted by atomic mass is 9.97. The van der Waals surface area contributed by atoms with E-state index in [1.165, 1.54) is 11.5 Å². The van der Waals surface area contributed by atoms with E-state index in [2.05, 4.69) is 10.3 Å². The molecule has 1 aromatic heterocycles. The number of carbonyl (C=O) groups excluding carboxylic acids is 3. The highest BCUT2D eigenvalue weighted by atomic mass is 16.5. The second-order valence-corrected chi connectivity index (χ2v) is 8.52. The van der Waals surface area contributed by atoms with Crippen LogP contribution in [0.25, 0.3) is 10.9 Å². The number of ketones is 1. The van der Waals surface area contributed by atoms with E-state index in [9.17, 15) is 19.2 Å². The minimum Gasteiger partial charge on any atom is -0.466 e. The molecular weight excluding hydrogens is 448 g/mol. The number of hydrogen-bond acceptors (Lipinski definition) is 7. The Morgan fingerprint density at radius 3 is 2.54 bits per heavy atom. The van der Waals surface area contributed by atoms with Crippen molar-refractivity contribution in [1.29, 1.82) is 0 Å². The molecule has 1 aliphatic rings. The molecule has 1 N–H and O–H groups in total. The standard InChI is InChI=1S/C26H28N4O5/c1-3-35-25(33)18-11-13-29(14-12-18)24-21-9-4-5-10-22(21)30(26(34)28-24)16-23(32)27-20-8-6-7-19(15-20)17(2)31/h4-10,15,18H,3,11-14,16H2,1-2H3,(H,27,32). The summed E-state index contributed by atoms with van der Waals surface area (Å²) in [5.74, 6) is -0.279. The second-order valence-electron chi connectivity index (χ2n) is 8.52. The monoisotopic (exact) mass is 476 g/mol. The third-order valence-corrected chi connectivity index (χ3v) is 6.14. The number of nitrogens with zero attached hydrogens (tertiary/aromatic N) is 3. The number of benzene rings is 2. The van der Waals surface area contributed by atoms with E-state index in [1.807, 2.05) is 23.1 Å². The largest absolute Gasteiger partial charge is 0.466 e. The number of Topliss-reactive ketones (excluding diaryl/α,β-unsaturated/α-hetero) is 1. The van der Waals surface area contributed by atoms with Crippen LogP contribution in [0, 0.1) is 5.92 Å². The summed E-state index contributed by atoms with van der Waals surface area (Å²) < 4.78 is 6.49. The van der Waals surface area contributed by atoms with Crippen molar-refractivity contribution < 1.29 is 19.1 Å². The van der Waals surface area contributed by atoms with Crippen molar-refractivity contribution >= 4 is 40.1 Å². The first-order valence-electron chi connectivity index (χ1n) is 11.7. The zero-order chi connectivity index (χ0) is 24.9. The van der Waals surface area contributed by atoms with Crippen LogP contribution in [0.1, 0.15) is 37.0 Å². The van der Waals surface area contributed by atoms with Gasteiger partial charge in [0, 0.05) is 29.7 Å². The average molecular weight is 477 g/mol. The van der Waals surface area contributed by atoms with Crippen LogP contribution >= 0.6 is 0 Å². The molecule has 3 aromatic rings. The summed E-state index contributed by atoms with van der Waals surface area (Å²) in [5.41, 5.74) is 1.04. The maximum absolute atomic E-state index is 13.0. The van der Waals surface area contributed by atoms with Crippen molar-refractivity contribution in [2.45, 2.75) is 33.2 Å². The van der Waals surface area contributed by atoms with Crippen molar-refractivity contribution in [3.05, 3.63) is 64.6 Å². The number of nitrogens with one attached hydrogen (secondary N) is 1. The van der Waals surface area contributed by atoms with Crippen molar-refractivity contribution in [3.8, 4) is 0 Å². The highest BCUT2D eigenvalue weighted by Gasteiger charge is 2.28. The van der Waals surface area contributed by atoms with Gasteiger partial charge in [0.15, 0.2) is 5.78 Å². The fourth-order valence-corrected chi connectivity index (χ4v) is 4.35. The molecular formula is C26H28N4O5. The molecule has 182 valence electrons. The average Bonchev–Trinajstić information content (AvgIpc) is 2.86.